The average Bonchev–Trinajstić information content (AvgIpc) is 2.43. The molecule has 0 bridgehead atoms. The van der Waals surface area contributed by atoms with Crippen LogP contribution in [0.1, 0.15) is 0 Å². The Bertz CT molecular complexity index is 191. The predicted octanol–water partition coefficient (Wildman–Crippen LogP) is 1.45. The van der Waals surface area contributed by atoms with E-state index in [-0.39, 0.29) is 0 Å². The maximum absolute atomic E-state index is 9.13. The normalized spacial score (nSPS) is 6.70. The van der Waals surface area contributed by atoms with Gasteiger partial charge in [-0.15, -0.1) is 6.42 Å². The lowest BCUT2D eigenvalue weighted by atomic mass is 10.7. The highest BCUT2D eigenvalue weighted by Gasteiger charge is 1.74. The van der Waals surface area contributed by atoms with Gasteiger partial charge >= 0.3 is 5.97 Å². The molecule has 0 fully saturated rings. The summed E-state index contributed by atoms with van der Waals surface area (Å²) >= 11 is 1.71. The summed E-state index contributed by atoms with van der Waals surface area (Å²) in [6.45, 7) is 0. The van der Waals surface area contributed by atoms with Crippen LogP contribution in [0.3, 0.4) is 0 Å². The van der Waals surface area contributed by atoms with E-state index in [1.165, 1.54) is 5.92 Å². The molecular weight excluding hydrogens is 148 g/mol. The van der Waals surface area contributed by atoms with Gasteiger partial charge in [0.2, 0.25) is 0 Å². The van der Waals surface area contributed by atoms with Gasteiger partial charge in [-0.3, -0.25) is 0 Å². The van der Waals surface area contributed by atoms with Crippen molar-refractivity contribution in [1.29, 1.82) is 0 Å². The van der Waals surface area contributed by atoms with Gasteiger partial charge < -0.3 is 5.11 Å². The van der Waals surface area contributed by atoms with E-state index in [1.54, 1.807) is 11.3 Å². The van der Waals surface area contributed by atoms with Crippen LogP contribution in [-0.4, -0.2) is 11.1 Å². The number of hydrogen-bond acceptors (Lipinski definition) is 2. The highest BCUT2D eigenvalue weighted by molar-refractivity contribution is 7.07. The Morgan fingerprint density at radius 1 is 1.50 bits per heavy atom. The summed E-state index contributed by atoms with van der Waals surface area (Å²) < 4.78 is 0. The van der Waals surface area contributed by atoms with Crippen LogP contribution in [0.4, 0.5) is 0 Å². The summed E-state index contributed by atoms with van der Waals surface area (Å²) in [6, 6.07) is 4.04. The summed E-state index contributed by atoms with van der Waals surface area (Å²) in [4.78, 5) is 9.13. The van der Waals surface area contributed by atoms with Crippen molar-refractivity contribution < 1.29 is 9.90 Å². The van der Waals surface area contributed by atoms with E-state index >= 15 is 0 Å². The Kier molecular flexibility index (Phi) is 5.12. The molecule has 0 radical (unpaired) electrons. The number of thiophene rings is 1. The van der Waals surface area contributed by atoms with Crippen molar-refractivity contribution in [1.82, 2.24) is 0 Å². The topological polar surface area (TPSA) is 37.3 Å². The monoisotopic (exact) mass is 154 g/mol. The maximum Gasteiger partial charge on any atom is 0.381 e. The van der Waals surface area contributed by atoms with Crippen molar-refractivity contribution in [2.75, 3.05) is 0 Å². The molecule has 0 aliphatic heterocycles. The molecule has 0 aliphatic carbocycles. The van der Waals surface area contributed by atoms with E-state index < -0.39 is 5.97 Å². The number of terminal acetylenes is 1. The third kappa shape index (κ3) is 6.73. The minimum atomic E-state index is -1.22. The molecule has 0 unspecified atom stereocenters. The molecule has 0 saturated carbocycles. The van der Waals surface area contributed by atoms with Gasteiger partial charge in [-0.25, -0.2) is 4.79 Å². The fourth-order valence-electron chi connectivity index (χ4n) is 0.227. The molecule has 1 heterocycles. The van der Waals surface area contributed by atoms with Gasteiger partial charge in [0, 0.05) is 5.92 Å². The molecule has 0 saturated heterocycles. The molecule has 0 amide bonds. The summed E-state index contributed by atoms with van der Waals surface area (Å²) in [5, 5.41) is 11.6. The Morgan fingerprint density at radius 2 is 1.90 bits per heavy atom. The smallest absolute Gasteiger partial charge is 0.381 e. The summed E-state index contributed by atoms with van der Waals surface area (Å²) in [7, 11) is 0. The molecule has 0 aliphatic rings. The quantitative estimate of drug-likeness (QED) is 0.574. The summed E-state index contributed by atoms with van der Waals surface area (Å²) in [6.07, 6.45) is 4.32. The van der Waals surface area contributed by atoms with E-state index in [2.05, 4.69) is 6.42 Å². The van der Waals surface area contributed by atoms with Crippen LogP contribution in [0.5, 0.6) is 0 Å². The SMILES string of the molecule is C#CC(=O)O.c1ccsc1. The highest BCUT2D eigenvalue weighted by Crippen LogP contribution is 1.91. The van der Waals surface area contributed by atoms with Crippen molar-refractivity contribution in [3.63, 3.8) is 0 Å². The number of carbonyl (C=O) groups is 1. The van der Waals surface area contributed by atoms with Crippen LogP contribution >= 0.6 is 11.3 Å². The van der Waals surface area contributed by atoms with Gasteiger partial charge in [-0.1, -0.05) is 12.1 Å². The summed E-state index contributed by atoms with van der Waals surface area (Å²) in [5.41, 5.74) is 0. The number of carboxylic acid groups (broad SMARTS) is 1. The third-order valence-electron chi connectivity index (χ3n) is 0.549. The van der Waals surface area contributed by atoms with Crippen LogP contribution in [0.15, 0.2) is 22.9 Å². The molecular formula is C7H6O2S. The zero-order chi connectivity index (χ0) is 7.82. The van der Waals surface area contributed by atoms with Gasteiger partial charge in [-0.05, 0) is 10.8 Å². The van der Waals surface area contributed by atoms with Gasteiger partial charge in [0.15, 0.2) is 0 Å². The molecule has 1 aromatic rings. The molecule has 2 nitrogen and oxygen atoms in total. The van der Waals surface area contributed by atoms with Crippen LogP contribution in [0.2, 0.25) is 0 Å². The highest BCUT2D eigenvalue weighted by atomic mass is 32.1. The predicted molar refractivity (Wildman–Crippen MR) is 40.8 cm³/mol. The van der Waals surface area contributed by atoms with E-state index in [0.29, 0.717) is 0 Å². The number of rotatable bonds is 0. The third-order valence-corrected chi connectivity index (χ3v) is 1.18. The van der Waals surface area contributed by atoms with Crippen LogP contribution in [-0.2, 0) is 4.79 Å². The van der Waals surface area contributed by atoms with E-state index in [1.807, 2.05) is 22.9 Å². The molecule has 0 spiro atoms. The lowest BCUT2D eigenvalue weighted by Crippen LogP contribution is -1.83. The Balaban J connectivity index is 0.000000162. The number of aliphatic carboxylic acids is 1. The van der Waals surface area contributed by atoms with Crippen LogP contribution in [0, 0.1) is 12.3 Å². The first kappa shape index (κ1) is 8.73. The first-order valence-corrected chi connectivity index (χ1v) is 3.38. The van der Waals surface area contributed by atoms with E-state index in [9.17, 15) is 0 Å². The van der Waals surface area contributed by atoms with Gasteiger partial charge in [0.1, 0.15) is 0 Å². The first-order chi connectivity index (χ1) is 4.77. The van der Waals surface area contributed by atoms with Crippen molar-refractivity contribution in [3.05, 3.63) is 22.9 Å². The lowest BCUT2D eigenvalue weighted by molar-refractivity contribution is -0.130. The molecule has 0 atom stereocenters. The van der Waals surface area contributed by atoms with Crippen molar-refractivity contribution in [2.45, 2.75) is 0 Å². The molecule has 52 valence electrons. The molecule has 10 heavy (non-hydrogen) atoms. The number of carboxylic acids is 1. The van der Waals surface area contributed by atoms with Crippen molar-refractivity contribution in [2.24, 2.45) is 0 Å². The molecule has 1 rings (SSSR count). The fourth-order valence-corrected chi connectivity index (χ4v) is 0.680. The van der Waals surface area contributed by atoms with Gasteiger partial charge in [0.25, 0.3) is 0 Å². The first-order valence-electron chi connectivity index (χ1n) is 2.44. The number of hydrogen-bond donors (Lipinski definition) is 1. The zero-order valence-corrected chi connectivity index (χ0v) is 5.97. The zero-order valence-electron chi connectivity index (χ0n) is 5.15. The molecule has 1 N–H and O–H groups in total. The fraction of sp³-hybridized carbons (Fsp3) is 0. The largest absolute Gasteiger partial charge is 0.472 e. The van der Waals surface area contributed by atoms with Crippen molar-refractivity contribution >= 4 is 17.3 Å². The van der Waals surface area contributed by atoms with Crippen molar-refractivity contribution in [3.8, 4) is 12.3 Å². The van der Waals surface area contributed by atoms with Crippen LogP contribution in [0.25, 0.3) is 0 Å². The standard InChI is InChI=1S/C4H4S.C3H2O2/c1-2-4-5-3-1;1-2-3(4)5/h1-4H;1H,(H,4,5). The Labute approximate surface area is 63.1 Å². The Hall–Kier alpha value is -1.27. The van der Waals surface area contributed by atoms with Gasteiger partial charge in [0.05, 0.1) is 0 Å². The summed E-state index contributed by atoms with van der Waals surface area (Å²) in [5.74, 6) is 0.227. The van der Waals surface area contributed by atoms with E-state index in [4.69, 9.17) is 9.90 Å². The average molecular weight is 154 g/mol. The second-order valence-electron chi connectivity index (χ2n) is 1.24. The molecule has 3 heteroatoms. The maximum atomic E-state index is 9.13. The second-order valence-corrected chi connectivity index (χ2v) is 2.06. The molecule has 0 aromatic carbocycles. The van der Waals surface area contributed by atoms with Crippen LogP contribution < -0.4 is 0 Å². The minimum absolute atomic E-state index is 1.22. The van der Waals surface area contributed by atoms with E-state index in [0.717, 1.165) is 0 Å². The van der Waals surface area contributed by atoms with Gasteiger partial charge in [-0.2, -0.15) is 11.3 Å². The molecule has 1 aromatic heterocycles. The minimum Gasteiger partial charge on any atom is -0.472 e. The Morgan fingerprint density at radius 3 is 2.00 bits per heavy atom. The second kappa shape index (κ2) is 5.86. The lowest BCUT2D eigenvalue weighted by Gasteiger charge is -1.60.